The molecular weight excluding hydrogens is 625 g/mol. The quantitative estimate of drug-likeness (QED) is 0.105. The van der Waals surface area contributed by atoms with Crippen molar-refractivity contribution in [2.24, 2.45) is 0 Å². The van der Waals surface area contributed by atoms with Gasteiger partial charge in [0.25, 0.3) is 0 Å². The molecule has 0 saturated heterocycles. The average Bonchev–Trinajstić information content (AvgIpc) is 2.93. The fourth-order valence-electron chi connectivity index (χ4n) is 4.71. The fraction of sp³-hybridized carbons (Fsp3) is 0.650. The molecule has 0 spiro atoms. The second kappa shape index (κ2) is 18.2. The van der Waals surface area contributed by atoms with E-state index in [4.69, 9.17) is 14.9 Å². The number of aliphatic hydroxyl groups is 1. The van der Waals surface area contributed by atoms with Crippen LogP contribution in [0.4, 0.5) is 0 Å². The number of thioether (sulfide) groups is 2. The Kier molecular flexibility index (Phi) is 17.4. The van der Waals surface area contributed by atoms with Crippen molar-refractivity contribution in [2.75, 3.05) is 7.11 Å². The molecule has 2 rings (SSSR count). The van der Waals surface area contributed by atoms with Gasteiger partial charge in [0.1, 0.15) is 5.75 Å². The van der Waals surface area contributed by atoms with Gasteiger partial charge in [-0.05, 0) is 83.7 Å². The lowest BCUT2D eigenvalue weighted by atomic mass is 9.78. The van der Waals surface area contributed by atoms with Crippen LogP contribution in [-0.2, 0) is 31.2 Å². The molecule has 0 amide bonds. The van der Waals surface area contributed by atoms with E-state index >= 15 is 0 Å². The minimum absolute atomic E-state index is 0.0498. The first-order valence-corrected chi connectivity index (χ1v) is 18.6. The van der Waals surface area contributed by atoms with Crippen LogP contribution in [0.15, 0.2) is 40.1 Å². The SMILES string of the molecule is CC.CCC(C)(C)c1cc(SC(C)(C)Sc2cc(C(C)(C)C)c(OC(=O)CCCC(=O)O)c(C(C)(C)C)c2)cc(C(C)(C)C)c1.CO. The van der Waals surface area contributed by atoms with Crippen molar-refractivity contribution in [3.63, 3.8) is 0 Å². The molecule has 0 radical (unpaired) electrons. The molecule has 5 nitrogen and oxygen atoms in total. The Hall–Kier alpha value is -1.96. The summed E-state index contributed by atoms with van der Waals surface area (Å²) in [7, 11) is 1.00. The summed E-state index contributed by atoms with van der Waals surface area (Å²) in [5.74, 6) is -0.687. The molecule has 0 unspecified atom stereocenters. The number of rotatable bonds is 11. The number of hydrogen-bond donors (Lipinski definition) is 2. The Morgan fingerprint density at radius 2 is 1.09 bits per heavy atom. The number of aliphatic carboxylic acids is 1. The normalized spacial score (nSPS) is 12.4. The van der Waals surface area contributed by atoms with E-state index in [-0.39, 0.29) is 45.0 Å². The number of carboxylic acid groups (broad SMARTS) is 1. The molecule has 268 valence electrons. The van der Waals surface area contributed by atoms with E-state index in [2.05, 4.69) is 127 Å². The third-order valence-corrected chi connectivity index (χ3v) is 10.3. The molecule has 2 aromatic rings. The van der Waals surface area contributed by atoms with E-state index in [0.717, 1.165) is 29.6 Å². The number of carboxylic acids is 1. The summed E-state index contributed by atoms with van der Waals surface area (Å²) in [5, 5.41) is 16.0. The first kappa shape index (κ1) is 45.0. The van der Waals surface area contributed by atoms with Crippen LogP contribution in [0.25, 0.3) is 0 Å². The Morgan fingerprint density at radius 3 is 1.47 bits per heavy atom. The molecule has 0 aliphatic rings. The van der Waals surface area contributed by atoms with Crippen molar-refractivity contribution < 1.29 is 24.5 Å². The van der Waals surface area contributed by atoms with Gasteiger partial charge in [0.2, 0.25) is 0 Å². The molecule has 7 heteroatoms. The summed E-state index contributed by atoms with van der Waals surface area (Å²) < 4.78 is 5.87. The Bertz CT molecular complexity index is 1270. The number of carbonyl (C=O) groups is 2. The summed E-state index contributed by atoms with van der Waals surface area (Å²) in [6, 6.07) is 11.5. The van der Waals surface area contributed by atoms with Crippen LogP contribution in [-0.4, -0.2) is 33.3 Å². The molecule has 0 saturated carbocycles. The topological polar surface area (TPSA) is 83.8 Å². The van der Waals surface area contributed by atoms with Crippen molar-refractivity contribution in [3.05, 3.63) is 52.6 Å². The number of aliphatic hydroxyl groups excluding tert-OH is 1. The van der Waals surface area contributed by atoms with Gasteiger partial charge in [0.15, 0.2) is 0 Å². The van der Waals surface area contributed by atoms with Crippen LogP contribution >= 0.6 is 23.5 Å². The van der Waals surface area contributed by atoms with E-state index in [1.165, 1.54) is 16.0 Å². The average molecular weight is 691 g/mol. The Morgan fingerprint density at radius 1 is 0.660 bits per heavy atom. The van der Waals surface area contributed by atoms with Crippen molar-refractivity contribution >= 4 is 35.5 Å². The van der Waals surface area contributed by atoms with Gasteiger partial charge in [-0.2, -0.15) is 0 Å². The van der Waals surface area contributed by atoms with Gasteiger partial charge in [-0.1, -0.05) is 103 Å². The maximum atomic E-state index is 12.9. The van der Waals surface area contributed by atoms with Gasteiger partial charge in [0, 0.05) is 40.9 Å². The lowest BCUT2D eigenvalue weighted by Crippen LogP contribution is -2.22. The van der Waals surface area contributed by atoms with Gasteiger partial charge in [0.05, 0.1) is 4.08 Å². The minimum atomic E-state index is -0.907. The highest BCUT2D eigenvalue weighted by Crippen LogP contribution is 2.50. The van der Waals surface area contributed by atoms with Gasteiger partial charge in [-0.15, -0.1) is 23.5 Å². The molecule has 0 aliphatic heterocycles. The third-order valence-electron chi connectivity index (χ3n) is 7.83. The summed E-state index contributed by atoms with van der Waals surface area (Å²) in [6.45, 7) is 35.1. The molecule has 0 fully saturated rings. The van der Waals surface area contributed by atoms with E-state index in [0.29, 0.717) is 5.75 Å². The Balaban J connectivity index is 0.00000508. The van der Waals surface area contributed by atoms with Crippen LogP contribution in [0.3, 0.4) is 0 Å². The van der Waals surface area contributed by atoms with E-state index in [1.54, 1.807) is 0 Å². The van der Waals surface area contributed by atoms with Crippen LogP contribution in [0.1, 0.15) is 159 Å². The molecule has 2 N–H and O–H groups in total. The summed E-state index contributed by atoms with van der Waals surface area (Å²) in [4.78, 5) is 26.2. The monoisotopic (exact) mass is 690 g/mol. The largest absolute Gasteiger partial charge is 0.481 e. The lowest BCUT2D eigenvalue weighted by Gasteiger charge is -2.32. The van der Waals surface area contributed by atoms with E-state index in [1.807, 2.05) is 37.4 Å². The van der Waals surface area contributed by atoms with Gasteiger partial charge < -0.3 is 14.9 Å². The molecular formula is C40H66O5S2. The first-order chi connectivity index (χ1) is 21.4. The molecule has 0 atom stereocenters. The lowest BCUT2D eigenvalue weighted by molar-refractivity contribution is -0.137. The zero-order chi connectivity index (χ0) is 37.2. The molecule has 2 aromatic carbocycles. The maximum Gasteiger partial charge on any atom is 0.311 e. The second-order valence-corrected chi connectivity index (χ2v) is 19.6. The maximum absolute atomic E-state index is 12.9. The van der Waals surface area contributed by atoms with Gasteiger partial charge >= 0.3 is 11.9 Å². The number of ether oxygens (including phenoxy) is 1. The van der Waals surface area contributed by atoms with Gasteiger partial charge in [-0.3, -0.25) is 9.59 Å². The number of hydrogen-bond acceptors (Lipinski definition) is 6. The first-order valence-electron chi connectivity index (χ1n) is 17.0. The summed E-state index contributed by atoms with van der Waals surface area (Å²) in [5.41, 5.74) is 4.31. The third kappa shape index (κ3) is 14.6. The predicted octanol–water partition coefficient (Wildman–Crippen LogP) is 11.7. The standard InChI is InChI=1S/C37H56O4S2.C2H6.CH4O/c1-15-36(11,12)25-19-24(33(2,3)4)20-26(21-25)42-37(13,14)43-27-22-28(34(5,6)7)32(29(23-27)35(8,9)10)41-31(40)18-16-17-30(38)39;2*1-2/h19-23H,15-18H2,1-14H3,(H,38,39);1-2H3;2H,1H3. The highest BCUT2D eigenvalue weighted by molar-refractivity contribution is 8.18. The van der Waals surface area contributed by atoms with E-state index < -0.39 is 11.9 Å². The van der Waals surface area contributed by atoms with E-state index in [9.17, 15) is 9.59 Å². The van der Waals surface area contributed by atoms with Crippen molar-refractivity contribution in [2.45, 2.75) is 172 Å². The smallest absolute Gasteiger partial charge is 0.311 e. The molecule has 47 heavy (non-hydrogen) atoms. The van der Waals surface area contributed by atoms with Crippen LogP contribution in [0.5, 0.6) is 5.75 Å². The zero-order valence-electron chi connectivity index (χ0n) is 32.7. The van der Waals surface area contributed by atoms with Crippen molar-refractivity contribution in [3.8, 4) is 5.75 Å². The zero-order valence-corrected chi connectivity index (χ0v) is 34.3. The molecule has 0 aliphatic carbocycles. The van der Waals surface area contributed by atoms with Gasteiger partial charge in [-0.25, -0.2) is 0 Å². The summed E-state index contributed by atoms with van der Waals surface area (Å²) >= 11 is 3.73. The summed E-state index contributed by atoms with van der Waals surface area (Å²) in [6.07, 6.45) is 1.36. The molecule has 0 aromatic heterocycles. The van der Waals surface area contributed by atoms with Crippen molar-refractivity contribution in [1.82, 2.24) is 0 Å². The minimum Gasteiger partial charge on any atom is -0.481 e. The molecule has 0 heterocycles. The van der Waals surface area contributed by atoms with Crippen LogP contribution in [0.2, 0.25) is 0 Å². The highest BCUT2D eigenvalue weighted by atomic mass is 32.2. The predicted molar refractivity (Wildman–Crippen MR) is 205 cm³/mol. The Labute approximate surface area is 296 Å². The number of benzene rings is 2. The molecule has 0 bridgehead atoms. The second-order valence-electron chi connectivity index (χ2n) is 15.9. The van der Waals surface area contributed by atoms with Crippen LogP contribution in [0, 0.1) is 0 Å². The van der Waals surface area contributed by atoms with Crippen LogP contribution < -0.4 is 4.74 Å². The number of carbonyl (C=O) groups excluding carboxylic acids is 1. The fourth-order valence-corrected chi connectivity index (χ4v) is 7.31. The highest BCUT2D eigenvalue weighted by Gasteiger charge is 2.32. The number of esters is 1. The van der Waals surface area contributed by atoms with Crippen molar-refractivity contribution in [1.29, 1.82) is 0 Å².